The Kier molecular flexibility index (Phi) is 5.02. The molecule has 0 saturated carbocycles. The topological polar surface area (TPSA) is 55.8 Å². The summed E-state index contributed by atoms with van der Waals surface area (Å²) in [6.07, 6.45) is 4.10. The average molecular weight is 438 g/mol. The molecule has 4 heterocycles. The molecular formula is C25H27NO4S. The third-order valence-electron chi connectivity index (χ3n) is 6.41. The van der Waals surface area contributed by atoms with Crippen LogP contribution in [0.2, 0.25) is 0 Å². The third kappa shape index (κ3) is 3.83. The van der Waals surface area contributed by atoms with Gasteiger partial charge < -0.3 is 14.4 Å². The summed E-state index contributed by atoms with van der Waals surface area (Å²) in [5.41, 5.74) is 1.56. The van der Waals surface area contributed by atoms with Crippen LogP contribution in [-0.2, 0) is 31.1 Å². The molecule has 5 nitrogen and oxygen atoms in total. The summed E-state index contributed by atoms with van der Waals surface area (Å²) in [6, 6.07) is 12.8. The maximum atomic E-state index is 13.0. The molecule has 1 fully saturated rings. The number of piperidine rings is 1. The Morgan fingerprint density at radius 3 is 2.58 bits per heavy atom. The lowest BCUT2D eigenvalue weighted by Gasteiger charge is -2.44. The molecule has 5 rings (SSSR count). The summed E-state index contributed by atoms with van der Waals surface area (Å²) in [4.78, 5) is 29.5. The molecule has 0 bridgehead atoms. The minimum atomic E-state index is -0.639. The highest BCUT2D eigenvalue weighted by Crippen LogP contribution is 2.46. The zero-order chi connectivity index (χ0) is 21.6. The number of carbonyl (C=O) groups is 2. The van der Waals surface area contributed by atoms with Crippen molar-refractivity contribution in [2.45, 2.75) is 50.7 Å². The Morgan fingerprint density at radius 1 is 1.13 bits per heavy atom. The fraction of sp³-hybridized carbons (Fsp3) is 0.440. The van der Waals surface area contributed by atoms with E-state index in [4.69, 9.17) is 9.47 Å². The van der Waals surface area contributed by atoms with Crippen molar-refractivity contribution in [3.63, 3.8) is 0 Å². The second-order valence-electron chi connectivity index (χ2n) is 9.21. The van der Waals surface area contributed by atoms with Gasteiger partial charge in [0.2, 0.25) is 0 Å². The highest BCUT2D eigenvalue weighted by Gasteiger charge is 2.44. The summed E-state index contributed by atoms with van der Waals surface area (Å²) in [7, 11) is 0. The Balaban J connectivity index is 1.35. The molecule has 6 heteroatoms. The van der Waals surface area contributed by atoms with Gasteiger partial charge >= 0.3 is 0 Å². The number of rotatable bonds is 2. The molecule has 3 aliphatic rings. The van der Waals surface area contributed by atoms with E-state index in [-0.39, 0.29) is 23.1 Å². The van der Waals surface area contributed by atoms with Gasteiger partial charge in [0.1, 0.15) is 5.60 Å². The van der Waals surface area contributed by atoms with Gasteiger partial charge in [0.05, 0.1) is 12.2 Å². The summed E-state index contributed by atoms with van der Waals surface area (Å²) in [5.74, 6) is -0.0771. The second-order valence-corrected chi connectivity index (χ2v) is 10.3. The van der Waals surface area contributed by atoms with E-state index in [0.717, 1.165) is 19.3 Å². The SMILES string of the molecule is CC1(C)CC(=O)C=C(C(=O)N2CCC3(CC2)OCCc2sc(-c4ccccc4)cc23)O1. The number of benzene rings is 1. The first-order chi connectivity index (χ1) is 14.9. The Morgan fingerprint density at radius 2 is 1.87 bits per heavy atom. The fourth-order valence-corrected chi connectivity index (χ4v) is 6.12. The van der Waals surface area contributed by atoms with Crippen molar-refractivity contribution >= 4 is 23.0 Å². The number of likely N-dealkylation sites (tertiary alicyclic amines) is 1. The van der Waals surface area contributed by atoms with Gasteiger partial charge in [-0.15, -0.1) is 11.3 Å². The predicted molar refractivity (Wildman–Crippen MR) is 120 cm³/mol. The van der Waals surface area contributed by atoms with E-state index in [1.54, 1.807) is 4.90 Å². The van der Waals surface area contributed by atoms with Crippen molar-refractivity contribution in [2.75, 3.05) is 19.7 Å². The number of carbonyl (C=O) groups excluding carboxylic acids is 2. The molecule has 2 aromatic rings. The maximum absolute atomic E-state index is 13.0. The lowest BCUT2D eigenvalue weighted by Crippen LogP contribution is -2.49. The fourth-order valence-electron chi connectivity index (χ4n) is 4.89. The lowest BCUT2D eigenvalue weighted by molar-refractivity contribution is -0.145. The number of nitrogens with zero attached hydrogens (tertiary/aromatic N) is 1. The largest absolute Gasteiger partial charge is 0.481 e. The third-order valence-corrected chi connectivity index (χ3v) is 7.66. The molecule has 1 aromatic carbocycles. The highest BCUT2D eigenvalue weighted by molar-refractivity contribution is 7.15. The number of ether oxygens (including phenoxy) is 2. The molecule has 31 heavy (non-hydrogen) atoms. The number of amides is 1. The van der Waals surface area contributed by atoms with Crippen LogP contribution in [-0.4, -0.2) is 41.9 Å². The zero-order valence-corrected chi connectivity index (χ0v) is 18.8. The molecule has 1 spiro atoms. The molecule has 0 radical (unpaired) electrons. The van der Waals surface area contributed by atoms with Crippen molar-refractivity contribution in [3.8, 4) is 10.4 Å². The highest BCUT2D eigenvalue weighted by atomic mass is 32.1. The molecule has 0 atom stereocenters. The Hall–Kier alpha value is -2.44. The van der Waals surface area contributed by atoms with E-state index in [1.807, 2.05) is 31.3 Å². The first-order valence-corrected chi connectivity index (χ1v) is 11.7. The molecule has 0 N–H and O–H groups in total. The van der Waals surface area contributed by atoms with Crippen LogP contribution in [0, 0.1) is 0 Å². The van der Waals surface area contributed by atoms with Crippen LogP contribution in [0.3, 0.4) is 0 Å². The molecule has 162 valence electrons. The van der Waals surface area contributed by atoms with E-state index >= 15 is 0 Å². The minimum absolute atomic E-state index is 0.0555. The van der Waals surface area contributed by atoms with Gasteiger partial charge in [-0.25, -0.2) is 0 Å². The van der Waals surface area contributed by atoms with E-state index in [1.165, 1.54) is 27.0 Å². The number of hydrogen-bond donors (Lipinski definition) is 0. The van der Waals surface area contributed by atoms with Crippen molar-refractivity contribution in [3.05, 3.63) is 58.7 Å². The van der Waals surface area contributed by atoms with E-state index in [0.29, 0.717) is 26.1 Å². The standard InChI is InChI=1S/C25H27NO4S/c1-24(2)16-18(27)14-20(30-24)23(28)26-11-9-25(10-12-26)19-15-22(17-6-4-3-5-7-17)31-21(19)8-13-29-25/h3-7,14-15H,8-13,16H2,1-2H3. The van der Waals surface area contributed by atoms with Gasteiger partial charge in [-0.05, 0) is 43.9 Å². The molecule has 1 aromatic heterocycles. The van der Waals surface area contributed by atoms with Gasteiger partial charge in [-0.1, -0.05) is 30.3 Å². The first-order valence-electron chi connectivity index (χ1n) is 10.9. The molecule has 1 saturated heterocycles. The minimum Gasteiger partial charge on any atom is -0.481 e. The van der Waals surface area contributed by atoms with Crippen LogP contribution in [0.1, 0.15) is 43.6 Å². The number of allylic oxidation sites excluding steroid dienone is 1. The van der Waals surface area contributed by atoms with E-state index in [9.17, 15) is 9.59 Å². The number of hydrogen-bond acceptors (Lipinski definition) is 5. The maximum Gasteiger partial charge on any atom is 0.289 e. The van der Waals surface area contributed by atoms with Gasteiger partial charge in [-0.2, -0.15) is 0 Å². The number of ketones is 1. The predicted octanol–water partition coefficient (Wildman–Crippen LogP) is 4.46. The summed E-state index contributed by atoms with van der Waals surface area (Å²) < 4.78 is 12.2. The van der Waals surface area contributed by atoms with Gasteiger partial charge in [-0.3, -0.25) is 9.59 Å². The zero-order valence-electron chi connectivity index (χ0n) is 18.0. The lowest BCUT2D eigenvalue weighted by atomic mass is 9.82. The van der Waals surface area contributed by atoms with Gasteiger partial charge in [0.15, 0.2) is 11.5 Å². The molecule has 0 aliphatic carbocycles. The van der Waals surface area contributed by atoms with Crippen molar-refractivity contribution in [1.29, 1.82) is 0 Å². The molecule has 0 unspecified atom stereocenters. The van der Waals surface area contributed by atoms with E-state index < -0.39 is 5.60 Å². The summed E-state index contributed by atoms with van der Waals surface area (Å²) in [6.45, 7) is 5.57. The van der Waals surface area contributed by atoms with Crippen LogP contribution < -0.4 is 0 Å². The van der Waals surface area contributed by atoms with E-state index in [2.05, 4.69) is 30.3 Å². The molecular weight excluding hydrogens is 410 g/mol. The second kappa shape index (κ2) is 7.61. The van der Waals surface area contributed by atoms with Crippen molar-refractivity contribution in [2.24, 2.45) is 0 Å². The average Bonchev–Trinajstić information content (AvgIpc) is 3.19. The smallest absolute Gasteiger partial charge is 0.289 e. The molecule has 1 amide bonds. The van der Waals surface area contributed by atoms with Crippen LogP contribution >= 0.6 is 11.3 Å². The van der Waals surface area contributed by atoms with Crippen LogP contribution in [0.25, 0.3) is 10.4 Å². The van der Waals surface area contributed by atoms with Crippen LogP contribution in [0.4, 0.5) is 0 Å². The van der Waals surface area contributed by atoms with Gasteiger partial charge in [0, 0.05) is 41.8 Å². The summed E-state index contributed by atoms with van der Waals surface area (Å²) in [5, 5.41) is 0. The van der Waals surface area contributed by atoms with Crippen LogP contribution in [0.5, 0.6) is 0 Å². The quantitative estimate of drug-likeness (QED) is 0.696. The monoisotopic (exact) mass is 437 g/mol. The Labute approximate surface area is 186 Å². The summed E-state index contributed by atoms with van der Waals surface area (Å²) >= 11 is 1.86. The number of thiophene rings is 1. The normalized spacial score (nSPS) is 21.9. The van der Waals surface area contributed by atoms with Crippen molar-refractivity contribution in [1.82, 2.24) is 4.90 Å². The Bertz CT molecular complexity index is 1040. The first kappa shape index (κ1) is 20.5. The number of fused-ring (bicyclic) bond motifs is 2. The van der Waals surface area contributed by atoms with Gasteiger partial charge in [0.25, 0.3) is 5.91 Å². The van der Waals surface area contributed by atoms with Crippen molar-refractivity contribution < 1.29 is 19.1 Å². The van der Waals surface area contributed by atoms with Crippen LogP contribution in [0.15, 0.2) is 48.2 Å². The molecule has 3 aliphatic heterocycles.